The molecule has 2 aromatic rings. The third-order valence-corrected chi connectivity index (χ3v) is 2.37. The molecule has 0 aliphatic rings. The molecule has 0 bridgehead atoms. The van der Waals surface area contributed by atoms with Gasteiger partial charge in [0.15, 0.2) is 0 Å². The van der Waals surface area contributed by atoms with Crippen molar-refractivity contribution in [2.45, 2.75) is 0 Å². The number of benzene rings is 1. The molecule has 84 valence electrons. The Labute approximate surface area is 101 Å². The maximum Gasteiger partial charge on any atom is 0.281 e. The van der Waals surface area contributed by atoms with Gasteiger partial charge in [-0.1, -0.05) is 11.6 Å². The number of hydrogen-bond acceptors (Lipinski definition) is 4. The molecular weight excluding hydrogens is 244 g/mol. The number of halogens is 1. The molecular formula is C11H5ClN2O3. The van der Waals surface area contributed by atoms with Crippen LogP contribution in [-0.2, 0) is 0 Å². The molecule has 0 fully saturated rings. The van der Waals surface area contributed by atoms with Crippen LogP contribution >= 0.6 is 11.6 Å². The normalized spacial score (nSPS) is 9.88. The van der Waals surface area contributed by atoms with Crippen molar-refractivity contribution in [2.24, 2.45) is 0 Å². The highest BCUT2D eigenvalue weighted by Gasteiger charge is 2.18. The summed E-state index contributed by atoms with van der Waals surface area (Å²) in [5.74, 6) is 0.370. The minimum Gasteiger partial charge on any atom is -0.445 e. The lowest BCUT2D eigenvalue weighted by molar-refractivity contribution is -0.384. The molecule has 0 atom stereocenters. The topological polar surface area (TPSA) is 80.1 Å². The van der Waals surface area contributed by atoms with Gasteiger partial charge < -0.3 is 4.42 Å². The molecule has 17 heavy (non-hydrogen) atoms. The van der Waals surface area contributed by atoms with E-state index in [1.165, 1.54) is 30.3 Å². The van der Waals surface area contributed by atoms with Crippen molar-refractivity contribution < 1.29 is 9.34 Å². The van der Waals surface area contributed by atoms with Crippen LogP contribution in [0.2, 0.25) is 5.02 Å². The van der Waals surface area contributed by atoms with Crippen LogP contribution in [0.5, 0.6) is 0 Å². The predicted molar refractivity (Wildman–Crippen MR) is 60.5 cm³/mol. The fraction of sp³-hybridized carbons (Fsp3) is 0. The maximum atomic E-state index is 10.9. The van der Waals surface area contributed by atoms with E-state index in [1.54, 1.807) is 0 Å². The van der Waals surface area contributed by atoms with Crippen LogP contribution in [0.15, 0.2) is 34.7 Å². The fourth-order valence-corrected chi connectivity index (χ4v) is 1.57. The van der Waals surface area contributed by atoms with Crippen LogP contribution < -0.4 is 0 Å². The van der Waals surface area contributed by atoms with Crippen LogP contribution in [0.3, 0.4) is 0 Å². The van der Waals surface area contributed by atoms with E-state index in [0.717, 1.165) is 0 Å². The summed E-state index contributed by atoms with van der Waals surface area (Å²) >= 11 is 5.69. The lowest BCUT2D eigenvalue weighted by Gasteiger charge is -1.99. The summed E-state index contributed by atoms with van der Waals surface area (Å²) in [4.78, 5) is 10.3. The Hall–Kier alpha value is -2.32. The Morgan fingerprint density at radius 1 is 1.35 bits per heavy atom. The van der Waals surface area contributed by atoms with Gasteiger partial charge in [-0.15, -0.1) is 0 Å². The zero-order chi connectivity index (χ0) is 12.4. The summed E-state index contributed by atoms with van der Waals surface area (Å²) in [6.45, 7) is 0. The molecule has 0 unspecified atom stereocenters. The SMILES string of the molecule is N#Cc1ccc(-c2ccc(Cl)cc2[N+](=O)[O-])o1. The Kier molecular flexibility index (Phi) is 2.81. The monoisotopic (exact) mass is 248 g/mol. The van der Waals surface area contributed by atoms with Crippen LogP contribution in [0.25, 0.3) is 11.3 Å². The first-order valence-corrected chi connectivity index (χ1v) is 4.94. The second-order valence-corrected chi connectivity index (χ2v) is 3.63. The van der Waals surface area contributed by atoms with Crippen LogP contribution in [-0.4, -0.2) is 4.92 Å². The molecule has 0 saturated carbocycles. The molecule has 5 nitrogen and oxygen atoms in total. The second kappa shape index (κ2) is 4.28. The number of nitro benzene ring substituents is 1. The van der Waals surface area contributed by atoms with Gasteiger partial charge in [-0.3, -0.25) is 10.1 Å². The summed E-state index contributed by atoms with van der Waals surface area (Å²) in [5.41, 5.74) is 0.136. The highest BCUT2D eigenvalue weighted by Crippen LogP contribution is 2.33. The lowest BCUT2D eigenvalue weighted by Crippen LogP contribution is -1.91. The Morgan fingerprint density at radius 3 is 2.71 bits per heavy atom. The van der Waals surface area contributed by atoms with Gasteiger partial charge in [-0.05, 0) is 24.3 Å². The minimum atomic E-state index is -0.546. The molecule has 1 aromatic carbocycles. The van der Waals surface area contributed by atoms with Crippen molar-refractivity contribution in [3.63, 3.8) is 0 Å². The van der Waals surface area contributed by atoms with Gasteiger partial charge >= 0.3 is 0 Å². The molecule has 0 N–H and O–H groups in total. The first-order valence-electron chi connectivity index (χ1n) is 4.56. The first-order chi connectivity index (χ1) is 8.11. The van der Waals surface area contributed by atoms with Gasteiger partial charge in [-0.25, -0.2) is 0 Å². The largest absolute Gasteiger partial charge is 0.445 e. The number of hydrogen-bond donors (Lipinski definition) is 0. The molecule has 1 heterocycles. The highest BCUT2D eigenvalue weighted by atomic mass is 35.5. The molecule has 6 heteroatoms. The summed E-state index contributed by atoms with van der Waals surface area (Å²) in [5, 5.41) is 19.8. The zero-order valence-electron chi connectivity index (χ0n) is 8.38. The van der Waals surface area contributed by atoms with Crippen molar-refractivity contribution in [1.29, 1.82) is 5.26 Å². The number of nitriles is 1. The number of rotatable bonds is 2. The van der Waals surface area contributed by atoms with Crippen molar-refractivity contribution in [3.05, 3.63) is 51.2 Å². The van der Waals surface area contributed by atoms with E-state index in [0.29, 0.717) is 5.56 Å². The van der Waals surface area contributed by atoms with E-state index in [2.05, 4.69) is 0 Å². The second-order valence-electron chi connectivity index (χ2n) is 3.19. The van der Waals surface area contributed by atoms with E-state index < -0.39 is 4.92 Å². The van der Waals surface area contributed by atoms with E-state index in [-0.39, 0.29) is 22.2 Å². The van der Waals surface area contributed by atoms with Gasteiger partial charge in [0.2, 0.25) is 5.76 Å². The number of nitrogens with zero attached hydrogens (tertiary/aromatic N) is 2. The van der Waals surface area contributed by atoms with Crippen molar-refractivity contribution in [1.82, 2.24) is 0 Å². The standard InChI is InChI=1S/C11H5ClN2O3/c12-7-1-3-9(10(5-7)14(15)16)11-4-2-8(6-13)17-11/h1-5H. The van der Waals surface area contributed by atoms with E-state index in [1.807, 2.05) is 6.07 Å². The van der Waals surface area contributed by atoms with Gasteiger partial charge in [0.1, 0.15) is 11.8 Å². The summed E-state index contributed by atoms with van der Waals surface area (Å²) < 4.78 is 5.14. The minimum absolute atomic E-state index is 0.101. The summed E-state index contributed by atoms with van der Waals surface area (Å²) in [6, 6.07) is 9.03. The van der Waals surface area contributed by atoms with Crippen molar-refractivity contribution >= 4 is 17.3 Å². The predicted octanol–water partition coefficient (Wildman–Crippen LogP) is 3.38. The fourth-order valence-electron chi connectivity index (χ4n) is 1.41. The summed E-state index contributed by atoms with van der Waals surface area (Å²) in [6.07, 6.45) is 0. The third kappa shape index (κ3) is 2.12. The molecule has 0 radical (unpaired) electrons. The molecule has 0 aliphatic heterocycles. The van der Waals surface area contributed by atoms with Crippen LogP contribution in [0.4, 0.5) is 5.69 Å². The third-order valence-electron chi connectivity index (χ3n) is 2.14. The van der Waals surface area contributed by atoms with Crippen molar-refractivity contribution in [3.8, 4) is 17.4 Å². The Morgan fingerprint density at radius 2 is 2.12 bits per heavy atom. The Balaban J connectivity index is 2.59. The average molecular weight is 249 g/mol. The molecule has 2 rings (SSSR count). The van der Waals surface area contributed by atoms with Gasteiger partial charge in [0.05, 0.1) is 10.5 Å². The Bertz CT molecular complexity index is 628. The van der Waals surface area contributed by atoms with E-state index in [9.17, 15) is 10.1 Å². The molecule has 0 aliphatic carbocycles. The zero-order valence-corrected chi connectivity index (χ0v) is 9.14. The average Bonchev–Trinajstić information content (AvgIpc) is 2.77. The maximum absolute atomic E-state index is 10.9. The molecule has 0 spiro atoms. The number of nitro groups is 1. The van der Waals surface area contributed by atoms with Crippen molar-refractivity contribution in [2.75, 3.05) is 0 Å². The van der Waals surface area contributed by atoms with Gasteiger partial charge in [0.25, 0.3) is 5.69 Å². The quantitative estimate of drug-likeness (QED) is 0.603. The van der Waals surface area contributed by atoms with Gasteiger partial charge in [-0.2, -0.15) is 5.26 Å². The molecule has 0 amide bonds. The van der Waals surface area contributed by atoms with E-state index in [4.69, 9.17) is 21.3 Å². The molecule has 1 aromatic heterocycles. The lowest BCUT2D eigenvalue weighted by atomic mass is 10.1. The highest BCUT2D eigenvalue weighted by molar-refractivity contribution is 6.30. The van der Waals surface area contributed by atoms with E-state index >= 15 is 0 Å². The summed E-state index contributed by atoms with van der Waals surface area (Å²) in [7, 11) is 0. The van der Waals surface area contributed by atoms with Gasteiger partial charge in [0, 0.05) is 11.1 Å². The van der Waals surface area contributed by atoms with Crippen LogP contribution in [0, 0.1) is 21.4 Å². The smallest absolute Gasteiger partial charge is 0.281 e. The molecule has 0 saturated heterocycles. The van der Waals surface area contributed by atoms with Crippen LogP contribution in [0.1, 0.15) is 5.76 Å². The first kappa shape index (κ1) is 11.2. The number of furan rings is 1.